The van der Waals surface area contributed by atoms with Crippen LogP contribution in [0.3, 0.4) is 0 Å². The Bertz CT molecular complexity index is 542. The summed E-state index contributed by atoms with van der Waals surface area (Å²) in [4.78, 5) is 11.5. The van der Waals surface area contributed by atoms with E-state index in [1.807, 2.05) is 24.3 Å². The molecular weight excluding hydrogens is 282 g/mol. The molecule has 0 atom stereocenters. The van der Waals surface area contributed by atoms with E-state index in [9.17, 15) is 4.79 Å². The van der Waals surface area contributed by atoms with Gasteiger partial charge in [-0.1, -0.05) is 15.9 Å². The highest BCUT2D eigenvalue weighted by Crippen LogP contribution is 2.13. The third kappa shape index (κ3) is 3.00. The minimum atomic E-state index is 0.0163. The predicted octanol–water partition coefficient (Wildman–Crippen LogP) is 2.06. The van der Waals surface area contributed by atoms with E-state index >= 15 is 0 Å². The largest absolute Gasteiger partial charge is 0.383 e. The molecule has 90 valence electrons. The number of nitrogens with one attached hydrogen (secondary N) is 1. The molecule has 1 aromatic carbocycles. The lowest BCUT2D eigenvalue weighted by atomic mass is 10.3. The Hall–Kier alpha value is -1.49. The van der Waals surface area contributed by atoms with Gasteiger partial charge in [-0.25, -0.2) is 4.79 Å². The van der Waals surface area contributed by atoms with Crippen LogP contribution in [0.5, 0.6) is 0 Å². The highest BCUT2D eigenvalue weighted by Gasteiger charge is 1.98. The summed E-state index contributed by atoms with van der Waals surface area (Å²) in [5.41, 5.74) is 1.07. The van der Waals surface area contributed by atoms with Gasteiger partial charge in [0.1, 0.15) is 0 Å². The van der Waals surface area contributed by atoms with Crippen LogP contribution >= 0.6 is 15.9 Å². The summed E-state index contributed by atoms with van der Waals surface area (Å²) in [6.07, 6.45) is 3.56. The highest BCUT2D eigenvalue weighted by molar-refractivity contribution is 9.10. The summed E-state index contributed by atoms with van der Waals surface area (Å²) in [6.45, 7) is 1.39. The van der Waals surface area contributed by atoms with Crippen LogP contribution in [-0.4, -0.2) is 15.7 Å². The number of benzene rings is 1. The molecule has 2 rings (SSSR count). The van der Waals surface area contributed by atoms with Crippen molar-refractivity contribution in [2.75, 3.05) is 11.9 Å². The van der Waals surface area contributed by atoms with Gasteiger partial charge in [0.05, 0.1) is 0 Å². The van der Waals surface area contributed by atoms with Crippen molar-refractivity contribution in [3.8, 4) is 0 Å². The molecule has 5 heteroatoms. The van der Waals surface area contributed by atoms with Crippen molar-refractivity contribution in [3.63, 3.8) is 0 Å². The Morgan fingerprint density at radius 3 is 2.53 bits per heavy atom. The molecule has 2 aromatic rings. The van der Waals surface area contributed by atoms with E-state index in [2.05, 4.69) is 21.2 Å². The quantitative estimate of drug-likeness (QED) is 0.938. The van der Waals surface area contributed by atoms with Crippen LogP contribution in [-0.2, 0) is 13.6 Å². The molecular formula is C12H14BrN3O. The number of aryl methyl sites for hydroxylation is 1. The number of nitrogens with zero attached hydrogens (tertiary/aromatic N) is 2. The molecule has 4 nitrogen and oxygen atoms in total. The zero-order valence-corrected chi connectivity index (χ0v) is 11.1. The lowest BCUT2D eigenvalue weighted by Gasteiger charge is -2.06. The molecule has 17 heavy (non-hydrogen) atoms. The van der Waals surface area contributed by atoms with Crippen molar-refractivity contribution in [1.29, 1.82) is 0 Å². The summed E-state index contributed by atoms with van der Waals surface area (Å²) in [5.74, 6) is 0. The highest BCUT2D eigenvalue weighted by atomic mass is 79.9. The fraction of sp³-hybridized carbons (Fsp3) is 0.250. The summed E-state index contributed by atoms with van der Waals surface area (Å²) < 4.78 is 4.31. The van der Waals surface area contributed by atoms with Crippen LogP contribution in [0, 0.1) is 0 Å². The molecule has 1 N–H and O–H groups in total. The SMILES string of the molecule is Cn1ccn(CCNc2ccc(Br)cc2)c1=O. The maximum Gasteiger partial charge on any atom is 0.327 e. The van der Waals surface area contributed by atoms with E-state index in [1.54, 1.807) is 28.6 Å². The topological polar surface area (TPSA) is 39.0 Å². The van der Waals surface area contributed by atoms with E-state index in [1.165, 1.54) is 0 Å². The smallest absolute Gasteiger partial charge is 0.327 e. The van der Waals surface area contributed by atoms with Crippen LogP contribution in [0.2, 0.25) is 0 Å². The van der Waals surface area contributed by atoms with Crippen molar-refractivity contribution in [2.24, 2.45) is 7.05 Å². The number of aromatic nitrogens is 2. The van der Waals surface area contributed by atoms with E-state index in [0.717, 1.165) is 16.7 Å². The molecule has 0 saturated carbocycles. The first-order chi connectivity index (χ1) is 8.16. The van der Waals surface area contributed by atoms with E-state index < -0.39 is 0 Å². The first-order valence-corrected chi connectivity index (χ1v) is 6.17. The van der Waals surface area contributed by atoms with Gasteiger partial charge in [-0.2, -0.15) is 0 Å². The van der Waals surface area contributed by atoms with Crippen molar-refractivity contribution < 1.29 is 0 Å². The Kier molecular flexibility index (Phi) is 3.68. The first-order valence-electron chi connectivity index (χ1n) is 5.38. The maximum atomic E-state index is 11.5. The summed E-state index contributed by atoms with van der Waals surface area (Å²) in [7, 11) is 1.75. The number of hydrogen-bond donors (Lipinski definition) is 1. The van der Waals surface area contributed by atoms with Gasteiger partial charge >= 0.3 is 5.69 Å². The fourth-order valence-corrected chi connectivity index (χ4v) is 1.83. The molecule has 0 fully saturated rings. The number of halogens is 1. The summed E-state index contributed by atoms with van der Waals surface area (Å²) in [5, 5.41) is 3.27. The lowest BCUT2D eigenvalue weighted by molar-refractivity contribution is 0.672. The first kappa shape index (κ1) is 12.0. The summed E-state index contributed by atoms with van der Waals surface area (Å²) >= 11 is 3.39. The van der Waals surface area contributed by atoms with Crippen LogP contribution in [0.4, 0.5) is 5.69 Å². The molecule has 1 heterocycles. The Morgan fingerprint density at radius 2 is 1.94 bits per heavy atom. The third-order valence-electron chi connectivity index (χ3n) is 2.54. The standard InChI is InChI=1S/C12H14BrN3O/c1-15-8-9-16(12(15)17)7-6-14-11-4-2-10(13)3-5-11/h2-5,8-9,14H,6-7H2,1H3. The van der Waals surface area contributed by atoms with Crippen LogP contribution in [0.1, 0.15) is 0 Å². The predicted molar refractivity (Wildman–Crippen MR) is 72.3 cm³/mol. The average molecular weight is 296 g/mol. The van der Waals surface area contributed by atoms with Crippen molar-refractivity contribution in [2.45, 2.75) is 6.54 Å². The van der Waals surface area contributed by atoms with E-state index in [-0.39, 0.29) is 5.69 Å². The van der Waals surface area contributed by atoms with Gasteiger partial charge in [-0.15, -0.1) is 0 Å². The Morgan fingerprint density at radius 1 is 1.24 bits per heavy atom. The number of hydrogen-bond acceptors (Lipinski definition) is 2. The van der Waals surface area contributed by atoms with Gasteiger partial charge in [0.2, 0.25) is 0 Å². The molecule has 0 amide bonds. The van der Waals surface area contributed by atoms with Gasteiger partial charge in [-0.05, 0) is 24.3 Å². The molecule has 0 bridgehead atoms. The Balaban J connectivity index is 1.90. The number of imidazole rings is 1. The van der Waals surface area contributed by atoms with Gasteiger partial charge in [-0.3, -0.25) is 4.57 Å². The fourth-order valence-electron chi connectivity index (χ4n) is 1.57. The minimum Gasteiger partial charge on any atom is -0.383 e. The van der Waals surface area contributed by atoms with Crippen molar-refractivity contribution >= 4 is 21.6 Å². The molecule has 0 aliphatic heterocycles. The van der Waals surface area contributed by atoms with Crippen molar-refractivity contribution in [3.05, 3.63) is 51.6 Å². The average Bonchev–Trinajstić information content (AvgIpc) is 2.64. The summed E-state index contributed by atoms with van der Waals surface area (Å²) in [6, 6.07) is 7.96. The molecule has 0 saturated heterocycles. The Labute approximate surface area is 108 Å². The molecule has 0 aliphatic rings. The van der Waals surface area contributed by atoms with Crippen molar-refractivity contribution in [1.82, 2.24) is 9.13 Å². The molecule has 1 aromatic heterocycles. The van der Waals surface area contributed by atoms with Gasteiger partial charge in [0.25, 0.3) is 0 Å². The molecule has 0 aliphatic carbocycles. The number of rotatable bonds is 4. The van der Waals surface area contributed by atoms with Crippen LogP contribution < -0.4 is 11.0 Å². The monoisotopic (exact) mass is 295 g/mol. The number of anilines is 1. The second-order valence-electron chi connectivity index (χ2n) is 3.82. The van der Waals surface area contributed by atoms with Crippen LogP contribution in [0.25, 0.3) is 0 Å². The van der Waals surface area contributed by atoms with Crippen LogP contribution in [0.15, 0.2) is 45.9 Å². The zero-order valence-electron chi connectivity index (χ0n) is 9.56. The normalized spacial score (nSPS) is 10.5. The lowest BCUT2D eigenvalue weighted by Crippen LogP contribution is -2.24. The minimum absolute atomic E-state index is 0.0163. The third-order valence-corrected chi connectivity index (χ3v) is 3.07. The maximum absolute atomic E-state index is 11.5. The molecule has 0 unspecified atom stereocenters. The van der Waals surface area contributed by atoms with Gasteiger partial charge in [0, 0.05) is 42.7 Å². The molecule has 0 spiro atoms. The second kappa shape index (κ2) is 5.23. The second-order valence-corrected chi connectivity index (χ2v) is 4.73. The van der Waals surface area contributed by atoms with Gasteiger partial charge in [0.15, 0.2) is 0 Å². The van der Waals surface area contributed by atoms with E-state index in [4.69, 9.17) is 0 Å². The van der Waals surface area contributed by atoms with Gasteiger partial charge < -0.3 is 9.88 Å². The molecule has 0 radical (unpaired) electrons. The van der Waals surface area contributed by atoms with E-state index in [0.29, 0.717) is 6.54 Å². The zero-order chi connectivity index (χ0) is 12.3.